The van der Waals surface area contributed by atoms with Crippen molar-refractivity contribution in [3.63, 3.8) is 0 Å². The molecule has 0 atom stereocenters. The Balaban J connectivity index is 2.26. The first-order valence-corrected chi connectivity index (χ1v) is 6.36. The summed E-state index contributed by atoms with van der Waals surface area (Å²) in [5.74, 6) is -0.282. The number of carbonyl (C=O) groups is 1. The van der Waals surface area contributed by atoms with Gasteiger partial charge in [0.05, 0.1) is 21.3 Å². The normalized spacial score (nSPS) is 10.3. The fraction of sp³-hybridized carbons (Fsp3) is 0.0714. The highest BCUT2D eigenvalue weighted by Gasteiger charge is 2.12. The standard InChI is InChI=1S/C14H12Cl2N2O/c1-8-3-2-4-10(13(8)16)14(19)18-9-5-6-11(15)12(17)7-9/h2-7H,17H2,1H3,(H,18,19). The van der Waals surface area contributed by atoms with E-state index in [0.29, 0.717) is 27.0 Å². The van der Waals surface area contributed by atoms with Crippen LogP contribution in [0.15, 0.2) is 36.4 Å². The van der Waals surface area contributed by atoms with Crippen LogP contribution in [0.5, 0.6) is 0 Å². The number of carbonyl (C=O) groups excluding carboxylic acids is 1. The predicted molar refractivity (Wildman–Crippen MR) is 80.0 cm³/mol. The number of halogens is 2. The number of nitrogens with two attached hydrogens (primary N) is 1. The lowest BCUT2D eigenvalue weighted by atomic mass is 10.1. The molecule has 2 aromatic carbocycles. The summed E-state index contributed by atoms with van der Waals surface area (Å²) < 4.78 is 0. The molecule has 1 amide bonds. The molecule has 0 saturated heterocycles. The maximum atomic E-state index is 12.1. The van der Waals surface area contributed by atoms with Gasteiger partial charge in [-0.25, -0.2) is 0 Å². The summed E-state index contributed by atoms with van der Waals surface area (Å²) in [5.41, 5.74) is 7.94. The Bertz CT molecular complexity index is 641. The third-order valence-electron chi connectivity index (χ3n) is 2.69. The van der Waals surface area contributed by atoms with E-state index in [1.807, 2.05) is 13.0 Å². The second-order valence-corrected chi connectivity index (χ2v) is 4.91. The molecule has 0 radical (unpaired) electrons. The number of benzene rings is 2. The average Bonchev–Trinajstić information content (AvgIpc) is 2.37. The molecule has 98 valence electrons. The van der Waals surface area contributed by atoms with Crippen molar-refractivity contribution in [2.45, 2.75) is 6.92 Å². The Labute approximate surface area is 121 Å². The Morgan fingerprint density at radius 2 is 1.95 bits per heavy atom. The van der Waals surface area contributed by atoms with Gasteiger partial charge in [0.2, 0.25) is 0 Å². The van der Waals surface area contributed by atoms with Gasteiger partial charge in [-0.05, 0) is 36.8 Å². The highest BCUT2D eigenvalue weighted by molar-refractivity contribution is 6.35. The molecule has 0 fully saturated rings. The van der Waals surface area contributed by atoms with E-state index in [1.165, 1.54) is 0 Å². The van der Waals surface area contributed by atoms with Gasteiger partial charge in [-0.1, -0.05) is 35.3 Å². The molecule has 3 N–H and O–H groups in total. The molecule has 0 bridgehead atoms. The second kappa shape index (κ2) is 5.51. The summed E-state index contributed by atoms with van der Waals surface area (Å²) in [6, 6.07) is 10.2. The molecule has 5 heteroatoms. The van der Waals surface area contributed by atoms with Gasteiger partial charge >= 0.3 is 0 Å². The van der Waals surface area contributed by atoms with Gasteiger partial charge in [0.25, 0.3) is 5.91 Å². The summed E-state index contributed by atoms with van der Waals surface area (Å²) in [5, 5.41) is 3.63. The maximum Gasteiger partial charge on any atom is 0.257 e. The van der Waals surface area contributed by atoms with Crippen LogP contribution < -0.4 is 11.1 Å². The van der Waals surface area contributed by atoms with Crippen molar-refractivity contribution in [2.75, 3.05) is 11.1 Å². The molecule has 0 unspecified atom stereocenters. The highest BCUT2D eigenvalue weighted by atomic mass is 35.5. The first-order chi connectivity index (χ1) is 8.99. The van der Waals surface area contributed by atoms with Crippen LogP contribution in [0.25, 0.3) is 0 Å². The van der Waals surface area contributed by atoms with E-state index < -0.39 is 0 Å². The molecular formula is C14H12Cl2N2O. The van der Waals surface area contributed by atoms with Crippen LogP contribution in [0.1, 0.15) is 15.9 Å². The molecule has 19 heavy (non-hydrogen) atoms. The van der Waals surface area contributed by atoms with Crippen LogP contribution in [-0.4, -0.2) is 5.91 Å². The van der Waals surface area contributed by atoms with E-state index in [9.17, 15) is 4.79 Å². The Hall–Kier alpha value is -1.71. The zero-order valence-electron chi connectivity index (χ0n) is 10.2. The van der Waals surface area contributed by atoms with Crippen LogP contribution in [0.3, 0.4) is 0 Å². The fourth-order valence-electron chi connectivity index (χ4n) is 1.64. The fourth-order valence-corrected chi connectivity index (χ4v) is 1.97. The number of anilines is 2. The van der Waals surface area contributed by atoms with Crippen molar-refractivity contribution in [3.05, 3.63) is 57.6 Å². The van der Waals surface area contributed by atoms with E-state index in [1.54, 1.807) is 30.3 Å². The van der Waals surface area contributed by atoms with Gasteiger partial charge in [-0.2, -0.15) is 0 Å². The third-order valence-corrected chi connectivity index (χ3v) is 3.54. The van der Waals surface area contributed by atoms with Crippen LogP contribution >= 0.6 is 23.2 Å². The molecule has 0 aliphatic heterocycles. The molecule has 0 aromatic heterocycles. The lowest BCUT2D eigenvalue weighted by Crippen LogP contribution is -2.13. The minimum atomic E-state index is -0.282. The first-order valence-electron chi connectivity index (χ1n) is 5.60. The number of aryl methyl sites for hydroxylation is 1. The molecule has 2 aromatic rings. The number of hydrogen-bond donors (Lipinski definition) is 2. The van der Waals surface area contributed by atoms with E-state index in [4.69, 9.17) is 28.9 Å². The minimum absolute atomic E-state index is 0.282. The van der Waals surface area contributed by atoms with Crippen molar-refractivity contribution in [1.82, 2.24) is 0 Å². The molecule has 0 spiro atoms. The van der Waals surface area contributed by atoms with Crippen molar-refractivity contribution in [1.29, 1.82) is 0 Å². The monoisotopic (exact) mass is 294 g/mol. The second-order valence-electron chi connectivity index (χ2n) is 4.13. The number of nitrogen functional groups attached to an aromatic ring is 1. The van der Waals surface area contributed by atoms with Crippen LogP contribution in [-0.2, 0) is 0 Å². The van der Waals surface area contributed by atoms with Gasteiger partial charge < -0.3 is 11.1 Å². The van der Waals surface area contributed by atoms with Crippen molar-refractivity contribution in [3.8, 4) is 0 Å². The minimum Gasteiger partial charge on any atom is -0.397 e. The quantitative estimate of drug-likeness (QED) is 0.818. The topological polar surface area (TPSA) is 55.1 Å². The smallest absolute Gasteiger partial charge is 0.257 e. The van der Waals surface area contributed by atoms with Crippen molar-refractivity contribution in [2.24, 2.45) is 0 Å². The highest BCUT2D eigenvalue weighted by Crippen LogP contribution is 2.24. The van der Waals surface area contributed by atoms with Crippen molar-refractivity contribution < 1.29 is 4.79 Å². The van der Waals surface area contributed by atoms with E-state index in [0.717, 1.165) is 5.56 Å². The Kier molecular flexibility index (Phi) is 3.98. The van der Waals surface area contributed by atoms with Crippen LogP contribution in [0.2, 0.25) is 10.0 Å². The molecule has 0 aliphatic carbocycles. The molecule has 3 nitrogen and oxygen atoms in total. The van der Waals surface area contributed by atoms with Gasteiger partial charge in [0.15, 0.2) is 0 Å². The average molecular weight is 295 g/mol. The zero-order chi connectivity index (χ0) is 14.0. The number of amides is 1. The van der Waals surface area contributed by atoms with E-state index >= 15 is 0 Å². The SMILES string of the molecule is Cc1cccc(C(=O)Nc2ccc(Cl)c(N)c2)c1Cl. The van der Waals surface area contributed by atoms with E-state index in [2.05, 4.69) is 5.32 Å². The van der Waals surface area contributed by atoms with Gasteiger partial charge in [0, 0.05) is 5.69 Å². The zero-order valence-corrected chi connectivity index (χ0v) is 11.7. The third kappa shape index (κ3) is 3.00. The largest absolute Gasteiger partial charge is 0.397 e. The van der Waals surface area contributed by atoms with E-state index in [-0.39, 0.29) is 5.91 Å². The molecule has 2 rings (SSSR count). The Morgan fingerprint density at radius 3 is 2.63 bits per heavy atom. The summed E-state index contributed by atoms with van der Waals surface area (Å²) in [4.78, 5) is 12.1. The number of hydrogen-bond acceptors (Lipinski definition) is 2. The van der Waals surface area contributed by atoms with Crippen LogP contribution in [0.4, 0.5) is 11.4 Å². The summed E-state index contributed by atoms with van der Waals surface area (Å²) in [6.07, 6.45) is 0. The lowest BCUT2D eigenvalue weighted by Gasteiger charge is -2.09. The van der Waals surface area contributed by atoms with Crippen molar-refractivity contribution >= 4 is 40.5 Å². The molecule has 0 aliphatic rings. The number of nitrogens with one attached hydrogen (secondary N) is 1. The molecular weight excluding hydrogens is 283 g/mol. The lowest BCUT2D eigenvalue weighted by molar-refractivity contribution is 0.102. The summed E-state index contributed by atoms with van der Waals surface area (Å²) >= 11 is 11.9. The first kappa shape index (κ1) is 13.7. The van der Waals surface area contributed by atoms with Crippen LogP contribution in [0, 0.1) is 6.92 Å². The van der Waals surface area contributed by atoms with Gasteiger partial charge in [-0.15, -0.1) is 0 Å². The summed E-state index contributed by atoms with van der Waals surface area (Å²) in [6.45, 7) is 1.85. The Morgan fingerprint density at radius 1 is 1.21 bits per heavy atom. The van der Waals surface area contributed by atoms with Gasteiger partial charge in [0.1, 0.15) is 0 Å². The summed E-state index contributed by atoms with van der Waals surface area (Å²) in [7, 11) is 0. The maximum absolute atomic E-state index is 12.1. The number of rotatable bonds is 2. The molecule has 0 saturated carbocycles. The van der Waals surface area contributed by atoms with Gasteiger partial charge in [-0.3, -0.25) is 4.79 Å². The molecule has 0 heterocycles. The predicted octanol–water partition coefficient (Wildman–Crippen LogP) is 4.14.